The highest BCUT2D eigenvalue weighted by molar-refractivity contribution is 5.28. The van der Waals surface area contributed by atoms with E-state index in [0.717, 1.165) is 22.5 Å². The second-order valence-electron chi connectivity index (χ2n) is 4.85. The van der Waals surface area contributed by atoms with Gasteiger partial charge in [-0.15, -0.1) is 0 Å². The number of nitrogens with zero attached hydrogens (tertiary/aromatic N) is 2. The first-order chi connectivity index (χ1) is 8.50. The zero-order valence-corrected chi connectivity index (χ0v) is 11.4. The monoisotopic (exact) mass is 244 g/mol. The zero-order chi connectivity index (χ0) is 13.3. The zero-order valence-electron chi connectivity index (χ0n) is 11.4. The molecule has 0 amide bonds. The highest BCUT2D eigenvalue weighted by Crippen LogP contribution is 2.20. The molecule has 2 rings (SSSR count). The van der Waals surface area contributed by atoms with E-state index in [9.17, 15) is 5.11 Å². The first-order valence-electron chi connectivity index (χ1n) is 6.25. The molecule has 0 spiro atoms. The Balaban J connectivity index is 2.24. The molecule has 96 valence electrons. The molecule has 2 aromatic rings. The van der Waals surface area contributed by atoms with Gasteiger partial charge in [-0.25, -0.2) is 0 Å². The van der Waals surface area contributed by atoms with Crippen LogP contribution in [0.3, 0.4) is 0 Å². The van der Waals surface area contributed by atoms with Crippen LogP contribution < -0.4 is 0 Å². The van der Waals surface area contributed by atoms with Crippen LogP contribution >= 0.6 is 0 Å². The van der Waals surface area contributed by atoms with Gasteiger partial charge in [0, 0.05) is 5.69 Å². The largest absolute Gasteiger partial charge is 0.386 e. The van der Waals surface area contributed by atoms with Crippen molar-refractivity contribution in [3.8, 4) is 0 Å². The minimum absolute atomic E-state index is 0.505. The second kappa shape index (κ2) is 4.94. The van der Waals surface area contributed by atoms with Crippen LogP contribution in [-0.4, -0.2) is 14.9 Å². The molecule has 1 heterocycles. The highest BCUT2D eigenvalue weighted by atomic mass is 16.3. The number of aromatic nitrogens is 2. The second-order valence-corrected chi connectivity index (χ2v) is 4.85. The summed E-state index contributed by atoms with van der Waals surface area (Å²) in [6, 6.07) is 7.93. The molecule has 3 heteroatoms. The average Bonchev–Trinajstić information content (AvgIpc) is 2.57. The van der Waals surface area contributed by atoms with Gasteiger partial charge in [0.15, 0.2) is 0 Å². The van der Waals surface area contributed by atoms with Gasteiger partial charge in [-0.2, -0.15) is 5.10 Å². The third kappa shape index (κ3) is 2.31. The SMILES string of the molecule is Cc1ccccc1C(O)Cn1nc(C)c(C)c1C. The molecule has 1 N–H and O–H groups in total. The van der Waals surface area contributed by atoms with E-state index in [1.807, 2.05) is 49.7 Å². The van der Waals surface area contributed by atoms with Crippen molar-refractivity contribution in [3.63, 3.8) is 0 Å². The Kier molecular flexibility index (Phi) is 3.53. The van der Waals surface area contributed by atoms with Crippen LogP contribution in [0.1, 0.15) is 34.2 Å². The Morgan fingerprint density at radius 3 is 2.39 bits per heavy atom. The third-order valence-corrected chi connectivity index (χ3v) is 3.64. The van der Waals surface area contributed by atoms with E-state index in [0.29, 0.717) is 6.54 Å². The minimum atomic E-state index is -0.511. The van der Waals surface area contributed by atoms with E-state index >= 15 is 0 Å². The van der Waals surface area contributed by atoms with Gasteiger partial charge in [0.1, 0.15) is 0 Å². The maximum atomic E-state index is 10.3. The summed E-state index contributed by atoms with van der Waals surface area (Å²) < 4.78 is 1.89. The number of hydrogen-bond acceptors (Lipinski definition) is 2. The first kappa shape index (κ1) is 12.8. The molecule has 3 nitrogen and oxygen atoms in total. The van der Waals surface area contributed by atoms with E-state index in [2.05, 4.69) is 12.0 Å². The van der Waals surface area contributed by atoms with Gasteiger partial charge in [0.25, 0.3) is 0 Å². The summed E-state index contributed by atoms with van der Waals surface area (Å²) in [7, 11) is 0. The molecule has 0 fully saturated rings. The van der Waals surface area contributed by atoms with Crippen LogP contribution in [0.25, 0.3) is 0 Å². The first-order valence-corrected chi connectivity index (χ1v) is 6.25. The predicted octanol–water partition coefficient (Wildman–Crippen LogP) is 2.85. The van der Waals surface area contributed by atoms with Crippen LogP contribution in [0.4, 0.5) is 0 Å². The van der Waals surface area contributed by atoms with Gasteiger partial charge >= 0.3 is 0 Å². The fourth-order valence-corrected chi connectivity index (χ4v) is 2.19. The van der Waals surface area contributed by atoms with Crippen molar-refractivity contribution in [3.05, 3.63) is 52.3 Å². The Bertz CT molecular complexity index is 558. The van der Waals surface area contributed by atoms with Gasteiger partial charge in [0.2, 0.25) is 0 Å². The Morgan fingerprint density at radius 1 is 1.17 bits per heavy atom. The molecule has 0 saturated carbocycles. The molecular formula is C15H20N2O. The summed E-state index contributed by atoms with van der Waals surface area (Å²) >= 11 is 0. The number of rotatable bonds is 3. The molecule has 0 aliphatic rings. The van der Waals surface area contributed by atoms with Crippen LogP contribution in [-0.2, 0) is 6.54 Å². The number of benzene rings is 1. The molecule has 1 unspecified atom stereocenters. The van der Waals surface area contributed by atoms with E-state index in [4.69, 9.17) is 0 Å². The molecule has 0 saturated heterocycles. The average molecular weight is 244 g/mol. The van der Waals surface area contributed by atoms with E-state index in [1.165, 1.54) is 5.56 Å². The molecule has 0 bridgehead atoms. The van der Waals surface area contributed by atoms with Crippen LogP contribution in [0.5, 0.6) is 0 Å². The van der Waals surface area contributed by atoms with Crippen molar-refractivity contribution in [1.82, 2.24) is 9.78 Å². The van der Waals surface area contributed by atoms with E-state index in [-0.39, 0.29) is 0 Å². The normalized spacial score (nSPS) is 12.7. The van der Waals surface area contributed by atoms with Gasteiger partial charge in [0.05, 0.1) is 18.3 Å². The van der Waals surface area contributed by atoms with Gasteiger partial charge < -0.3 is 5.11 Å². The highest BCUT2D eigenvalue weighted by Gasteiger charge is 2.14. The Labute approximate surface area is 108 Å². The molecule has 1 aromatic heterocycles. The summed E-state index contributed by atoms with van der Waals surface area (Å²) in [6.07, 6.45) is -0.511. The molecule has 1 aromatic carbocycles. The fourth-order valence-electron chi connectivity index (χ4n) is 2.19. The van der Waals surface area contributed by atoms with Gasteiger partial charge in [-0.05, 0) is 44.4 Å². The van der Waals surface area contributed by atoms with Crippen LogP contribution in [0, 0.1) is 27.7 Å². The molecule has 18 heavy (non-hydrogen) atoms. The van der Waals surface area contributed by atoms with E-state index in [1.54, 1.807) is 0 Å². The number of aliphatic hydroxyl groups excluding tert-OH is 1. The fraction of sp³-hybridized carbons (Fsp3) is 0.400. The van der Waals surface area contributed by atoms with Crippen molar-refractivity contribution in [2.24, 2.45) is 0 Å². The van der Waals surface area contributed by atoms with Gasteiger partial charge in [-0.3, -0.25) is 4.68 Å². The molecular weight excluding hydrogens is 224 g/mol. The maximum absolute atomic E-state index is 10.3. The van der Waals surface area contributed by atoms with Crippen molar-refractivity contribution < 1.29 is 5.11 Å². The summed E-state index contributed by atoms with van der Waals surface area (Å²) in [5, 5.41) is 14.8. The van der Waals surface area contributed by atoms with Crippen molar-refractivity contribution in [2.75, 3.05) is 0 Å². The predicted molar refractivity (Wildman–Crippen MR) is 72.6 cm³/mol. The smallest absolute Gasteiger partial charge is 0.0988 e. The summed E-state index contributed by atoms with van der Waals surface area (Å²) in [5.74, 6) is 0. The van der Waals surface area contributed by atoms with E-state index < -0.39 is 6.10 Å². The standard InChI is InChI=1S/C15H20N2O/c1-10-7-5-6-8-14(10)15(18)9-17-13(4)11(2)12(3)16-17/h5-8,15,18H,9H2,1-4H3. The Morgan fingerprint density at radius 2 is 1.83 bits per heavy atom. The minimum Gasteiger partial charge on any atom is -0.386 e. The Hall–Kier alpha value is -1.61. The molecule has 1 atom stereocenters. The number of hydrogen-bond donors (Lipinski definition) is 1. The van der Waals surface area contributed by atoms with Gasteiger partial charge in [-0.1, -0.05) is 24.3 Å². The maximum Gasteiger partial charge on any atom is 0.0988 e. The molecule has 0 radical (unpaired) electrons. The lowest BCUT2D eigenvalue weighted by molar-refractivity contribution is 0.150. The lowest BCUT2D eigenvalue weighted by Crippen LogP contribution is -2.12. The lowest BCUT2D eigenvalue weighted by Gasteiger charge is -2.14. The van der Waals surface area contributed by atoms with Crippen LogP contribution in [0.2, 0.25) is 0 Å². The quantitative estimate of drug-likeness (QED) is 0.901. The van der Waals surface area contributed by atoms with Crippen molar-refractivity contribution in [2.45, 2.75) is 40.3 Å². The number of aryl methyl sites for hydroxylation is 2. The number of aliphatic hydroxyl groups is 1. The van der Waals surface area contributed by atoms with Crippen molar-refractivity contribution in [1.29, 1.82) is 0 Å². The molecule has 0 aliphatic heterocycles. The third-order valence-electron chi connectivity index (χ3n) is 3.64. The molecule has 0 aliphatic carbocycles. The van der Waals surface area contributed by atoms with Crippen LogP contribution in [0.15, 0.2) is 24.3 Å². The summed E-state index contributed by atoms with van der Waals surface area (Å²) in [5.41, 5.74) is 5.45. The summed E-state index contributed by atoms with van der Waals surface area (Å²) in [4.78, 5) is 0. The van der Waals surface area contributed by atoms with Crippen molar-refractivity contribution >= 4 is 0 Å². The lowest BCUT2D eigenvalue weighted by atomic mass is 10.0. The summed E-state index contributed by atoms with van der Waals surface area (Å²) in [6.45, 7) is 8.63. The topological polar surface area (TPSA) is 38.0 Å².